The first-order chi connectivity index (χ1) is 6.58. The van der Waals surface area contributed by atoms with Crippen LogP contribution in [0.3, 0.4) is 0 Å². The quantitative estimate of drug-likeness (QED) is 0.770. The van der Waals surface area contributed by atoms with Gasteiger partial charge in [-0.2, -0.15) is 0 Å². The fourth-order valence-corrected chi connectivity index (χ4v) is 1.34. The van der Waals surface area contributed by atoms with Crippen molar-refractivity contribution in [1.82, 2.24) is 4.98 Å². The number of aromatic amines is 1. The summed E-state index contributed by atoms with van der Waals surface area (Å²) < 4.78 is 5.47. The van der Waals surface area contributed by atoms with Crippen LogP contribution in [-0.2, 0) is 0 Å². The summed E-state index contributed by atoms with van der Waals surface area (Å²) in [6.07, 6.45) is 0. The van der Waals surface area contributed by atoms with E-state index in [0.29, 0.717) is 11.5 Å². The minimum absolute atomic E-state index is 0.161. The van der Waals surface area contributed by atoms with Gasteiger partial charge in [0, 0.05) is 18.1 Å². The first-order valence-corrected chi connectivity index (χ1v) is 4.43. The third-order valence-electron chi connectivity index (χ3n) is 2.12. The molecule has 74 valence electrons. The number of rotatable bonds is 2. The highest BCUT2D eigenvalue weighted by atomic mass is 16.4. The van der Waals surface area contributed by atoms with Crippen LogP contribution in [0.25, 0.3) is 11.1 Å². The lowest BCUT2D eigenvalue weighted by atomic mass is 10.2. The lowest BCUT2D eigenvalue weighted by Crippen LogP contribution is -1.95. The smallest absolute Gasteiger partial charge is 0.352 e. The maximum Gasteiger partial charge on any atom is 0.352 e. The van der Waals surface area contributed by atoms with E-state index < -0.39 is 5.97 Å². The molecule has 0 aliphatic rings. The lowest BCUT2D eigenvalue weighted by Gasteiger charge is -1.96. The number of hydrogen-bond donors (Lipinski definition) is 2. The van der Waals surface area contributed by atoms with E-state index in [1.807, 2.05) is 19.9 Å². The number of H-pyrrole nitrogens is 1. The molecule has 0 unspecified atom stereocenters. The van der Waals surface area contributed by atoms with E-state index in [9.17, 15) is 4.79 Å². The SMILES string of the molecule is CC(C)c1cc2[nH]c(C(=O)O)cc2o1. The molecule has 4 heteroatoms. The van der Waals surface area contributed by atoms with E-state index in [1.165, 1.54) is 6.07 Å². The van der Waals surface area contributed by atoms with Gasteiger partial charge in [0.15, 0.2) is 5.58 Å². The van der Waals surface area contributed by atoms with Crippen LogP contribution in [0.4, 0.5) is 0 Å². The normalized spacial score (nSPS) is 11.4. The molecule has 2 aromatic heterocycles. The summed E-state index contributed by atoms with van der Waals surface area (Å²) in [5.41, 5.74) is 1.51. The van der Waals surface area contributed by atoms with E-state index in [1.54, 1.807) is 0 Å². The average Bonchev–Trinajstić information content (AvgIpc) is 2.57. The Kier molecular flexibility index (Phi) is 1.84. The Morgan fingerprint density at radius 2 is 2.21 bits per heavy atom. The molecule has 2 rings (SSSR count). The van der Waals surface area contributed by atoms with Crippen LogP contribution in [0.5, 0.6) is 0 Å². The summed E-state index contributed by atoms with van der Waals surface area (Å²) in [7, 11) is 0. The fraction of sp³-hybridized carbons (Fsp3) is 0.300. The standard InChI is InChI=1S/C10H11NO3/c1-5(2)8-3-6-9(14-8)4-7(11-6)10(12)13/h3-5,11H,1-2H3,(H,12,13). The van der Waals surface area contributed by atoms with Gasteiger partial charge in [0.1, 0.15) is 11.5 Å². The molecule has 14 heavy (non-hydrogen) atoms. The zero-order valence-electron chi connectivity index (χ0n) is 8.00. The topological polar surface area (TPSA) is 66.2 Å². The van der Waals surface area contributed by atoms with Gasteiger partial charge in [-0.15, -0.1) is 0 Å². The van der Waals surface area contributed by atoms with E-state index in [-0.39, 0.29) is 5.69 Å². The highest BCUT2D eigenvalue weighted by molar-refractivity contribution is 5.92. The zero-order chi connectivity index (χ0) is 10.3. The number of carboxylic acid groups (broad SMARTS) is 1. The molecular formula is C10H11NO3. The molecule has 0 atom stereocenters. The summed E-state index contributed by atoms with van der Waals surface area (Å²) >= 11 is 0. The van der Waals surface area contributed by atoms with Gasteiger partial charge in [-0.25, -0.2) is 4.79 Å². The molecule has 0 saturated carbocycles. The van der Waals surface area contributed by atoms with Crippen LogP contribution >= 0.6 is 0 Å². The molecule has 4 nitrogen and oxygen atoms in total. The number of carboxylic acids is 1. The van der Waals surface area contributed by atoms with Crippen molar-refractivity contribution in [3.05, 3.63) is 23.6 Å². The molecule has 2 heterocycles. The van der Waals surface area contributed by atoms with Crippen LogP contribution in [-0.4, -0.2) is 16.1 Å². The molecule has 0 radical (unpaired) electrons. The van der Waals surface area contributed by atoms with Gasteiger partial charge in [-0.3, -0.25) is 0 Å². The van der Waals surface area contributed by atoms with Gasteiger partial charge in [0.05, 0.1) is 5.52 Å². The monoisotopic (exact) mass is 193 g/mol. The average molecular weight is 193 g/mol. The van der Waals surface area contributed by atoms with E-state index in [0.717, 1.165) is 11.3 Å². The Morgan fingerprint density at radius 1 is 1.50 bits per heavy atom. The minimum atomic E-state index is -0.970. The maximum absolute atomic E-state index is 10.6. The van der Waals surface area contributed by atoms with Gasteiger partial charge in [0.25, 0.3) is 0 Å². The molecule has 0 amide bonds. The number of nitrogens with one attached hydrogen (secondary N) is 1. The van der Waals surface area contributed by atoms with Gasteiger partial charge < -0.3 is 14.5 Å². The Hall–Kier alpha value is -1.71. The van der Waals surface area contributed by atoms with Crippen LogP contribution in [0.2, 0.25) is 0 Å². The van der Waals surface area contributed by atoms with E-state index in [2.05, 4.69) is 4.98 Å². The molecule has 2 aromatic rings. The number of aromatic nitrogens is 1. The summed E-state index contributed by atoms with van der Waals surface area (Å²) in [5, 5.41) is 8.71. The zero-order valence-corrected chi connectivity index (χ0v) is 8.00. The van der Waals surface area contributed by atoms with Gasteiger partial charge in [-0.05, 0) is 0 Å². The van der Waals surface area contributed by atoms with E-state index >= 15 is 0 Å². The third kappa shape index (κ3) is 1.28. The highest BCUT2D eigenvalue weighted by Gasteiger charge is 2.13. The number of fused-ring (bicyclic) bond motifs is 1. The summed E-state index contributed by atoms with van der Waals surface area (Å²) in [5.74, 6) is 0.203. The number of furan rings is 1. The van der Waals surface area contributed by atoms with Crippen molar-refractivity contribution in [1.29, 1.82) is 0 Å². The first-order valence-electron chi connectivity index (χ1n) is 4.43. The molecule has 0 aliphatic heterocycles. The molecular weight excluding hydrogens is 182 g/mol. The van der Waals surface area contributed by atoms with Crippen LogP contribution in [0, 0.1) is 0 Å². The number of carbonyl (C=O) groups is 1. The van der Waals surface area contributed by atoms with Crippen molar-refractivity contribution in [3.63, 3.8) is 0 Å². The number of hydrogen-bond acceptors (Lipinski definition) is 2. The van der Waals surface area contributed by atoms with Crippen LogP contribution < -0.4 is 0 Å². The van der Waals surface area contributed by atoms with Crippen molar-refractivity contribution in [2.75, 3.05) is 0 Å². The maximum atomic E-state index is 10.6. The molecule has 0 spiro atoms. The second kappa shape index (κ2) is 2.90. The molecule has 0 fully saturated rings. The highest BCUT2D eigenvalue weighted by Crippen LogP contribution is 2.24. The Labute approximate surface area is 80.5 Å². The van der Waals surface area contributed by atoms with Crippen LogP contribution in [0.15, 0.2) is 16.5 Å². The molecule has 0 saturated heterocycles. The Morgan fingerprint density at radius 3 is 2.71 bits per heavy atom. The first kappa shape index (κ1) is 8.87. The fourth-order valence-electron chi connectivity index (χ4n) is 1.34. The summed E-state index contributed by atoms with van der Waals surface area (Å²) in [6, 6.07) is 3.34. The number of aromatic carboxylic acids is 1. The minimum Gasteiger partial charge on any atom is -0.477 e. The van der Waals surface area contributed by atoms with Crippen molar-refractivity contribution in [2.24, 2.45) is 0 Å². The molecule has 0 aliphatic carbocycles. The Bertz CT molecular complexity index is 447. The summed E-state index contributed by atoms with van der Waals surface area (Å²) in [6.45, 7) is 4.05. The summed E-state index contributed by atoms with van der Waals surface area (Å²) in [4.78, 5) is 13.4. The molecule has 0 bridgehead atoms. The van der Waals surface area contributed by atoms with Gasteiger partial charge in [0.2, 0.25) is 0 Å². The second-order valence-corrected chi connectivity index (χ2v) is 3.57. The van der Waals surface area contributed by atoms with Crippen LogP contribution in [0.1, 0.15) is 36.0 Å². The largest absolute Gasteiger partial charge is 0.477 e. The Balaban J connectivity index is 2.50. The van der Waals surface area contributed by atoms with Gasteiger partial charge >= 0.3 is 5.97 Å². The van der Waals surface area contributed by atoms with E-state index in [4.69, 9.17) is 9.52 Å². The molecule has 0 aromatic carbocycles. The van der Waals surface area contributed by atoms with Gasteiger partial charge in [-0.1, -0.05) is 13.8 Å². The molecule has 2 N–H and O–H groups in total. The second-order valence-electron chi connectivity index (χ2n) is 3.57. The predicted molar refractivity (Wildman–Crippen MR) is 51.6 cm³/mol. The lowest BCUT2D eigenvalue weighted by molar-refractivity contribution is 0.0691. The predicted octanol–water partition coefficient (Wildman–Crippen LogP) is 2.58. The third-order valence-corrected chi connectivity index (χ3v) is 2.12. The van der Waals surface area contributed by atoms with Crippen molar-refractivity contribution in [3.8, 4) is 0 Å². The van der Waals surface area contributed by atoms with Crippen molar-refractivity contribution >= 4 is 17.1 Å². The van der Waals surface area contributed by atoms with Crippen molar-refractivity contribution in [2.45, 2.75) is 19.8 Å². The van der Waals surface area contributed by atoms with Crippen molar-refractivity contribution < 1.29 is 14.3 Å².